The molecule has 0 unspecified atom stereocenters. The molecule has 3 heterocycles. The van der Waals surface area contributed by atoms with E-state index < -0.39 is 11.7 Å². The molecular formula is C20H19F3N4O2S. The Morgan fingerprint density at radius 3 is 2.67 bits per heavy atom. The first-order chi connectivity index (χ1) is 14.4. The predicted octanol–water partition coefficient (Wildman–Crippen LogP) is 3.70. The van der Waals surface area contributed by atoms with E-state index in [1.807, 2.05) is 21.7 Å². The van der Waals surface area contributed by atoms with Crippen LogP contribution in [0.1, 0.15) is 17.0 Å². The highest BCUT2D eigenvalue weighted by Crippen LogP contribution is 2.31. The van der Waals surface area contributed by atoms with E-state index in [2.05, 4.69) is 15.0 Å². The van der Waals surface area contributed by atoms with Crippen LogP contribution in [0.15, 0.2) is 45.6 Å². The molecular weight excluding hydrogens is 417 g/mol. The smallest absolute Gasteiger partial charge is 0.340 e. The third-order valence-electron chi connectivity index (χ3n) is 4.94. The zero-order valence-electron chi connectivity index (χ0n) is 15.9. The van der Waals surface area contributed by atoms with Crippen LogP contribution in [-0.4, -0.2) is 52.0 Å². The molecule has 158 valence electrons. The second kappa shape index (κ2) is 8.57. The minimum atomic E-state index is -4.43. The van der Waals surface area contributed by atoms with Crippen molar-refractivity contribution in [2.24, 2.45) is 0 Å². The number of hydrogen-bond donors (Lipinski definition) is 0. The molecule has 1 aromatic carbocycles. The summed E-state index contributed by atoms with van der Waals surface area (Å²) in [7, 11) is 0. The van der Waals surface area contributed by atoms with Gasteiger partial charge in [0.1, 0.15) is 0 Å². The average Bonchev–Trinajstić information content (AvgIpc) is 3.40. The van der Waals surface area contributed by atoms with Crippen LogP contribution < -0.4 is 0 Å². The molecule has 1 aliphatic rings. The topological polar surface area (TPSA) is 62.5 Å². The van der Waals surface area contributed by atoms with Crippen molar-refractivity contribution in [3.63, 3.8) is 0 Å². The number of piperazine rings is 1. The highest BCUT2D eigenvalue weighted by atomic mass is 32.1. The number of rotatable bonds is 5. The minimum absolute atomic E-state index is 0.109. The number of thiophene rings is 1. The molecule has 1 amide bonds. The zero-order chi connectivity index (χ0) is 21.1. The van der Waals surface area contributed by atoms with Crippen molar-refractivity contribution in [1.82, 2.24) is 19.9 Å². The largest absolute Gasteiger partial charge is 0.416 e. The van der Waals surface area contributed by atoms with Gasteiger partial charge >= 0.3 is 6.18 Å². The van der Waals surface area contributed by atoms with Crippen molar-refractivity contribution in [2.75, 3.05) is 26.2 Å². The highest BCUT2D eigenvalue weighted by molar-refractivity contribution is 7.08. The fourth-order valence-corrected chi connectivity index (χ4v) is 3.97. The lowest BCUT2D eigenvalue weighted by atomic mass is 10.1. The van der Waals surface area contributed by atoms with Crippen LogP contribution in [0.3, 0.4) is 0 Å². The Hall–Kier alpha value is -2.72. The van der Waals surface area contributed by atoms with E-state index in [4.69, 9.17) is 4.52 Å². The van der Waals surface area contributed by atoms with Crippen LogP contribution in [0.5, 0.6) is 0 Å². The number of amides is 1. The summed E-state index contributed by atoms with van der Waals surface area (Å²) in [5.74, 6) is 0.568. The second-order valence-corrected chi connectivity index (χ2v) is 7.84. The SMILES string of the molecule is O=C(Cc1ccsc1)N1CCN(Cc2nc(-c3cccc(C(F)(F)F)c3)no2)CC1. The monoisotopic (exact) mass is 436 g/mol. The van der Waals surface area contributed by atoms with Crippen LogP contribution in [0, 0.1) is 0 Å². The molecule has 30 heavy (non-hydrogen) atoms. The van der Waals surface area contributed by atoms with E-state index in [0.29, 0.717) is 45.0 Å². The molecule has 10 heteroatoms. The number of nitrogens with zero attached hydrogens (tertiary/aromatic N) is 4. The molecule has 1 aliphatic heterocycles. The molecule has 3 aromatic rings. The van der Waals surface area contributed by atoms with Crippen LogP contribution in [0.4, 0.5) is 13.2 Å². The maximum absolute atomic E-state index is 12.9. The number of aromatic nitrogens is 2. The normalized spacial score (nSPS) is 15.5. The lowest BCUT2D eigenvalue weighted by molar-refractivity contribution is -0.137. The van der Waals surface area contributed by atoms with Gasteiger partial charge in [0, 0.05) is 31.7 Å². The van der Waals surface area contributed by atoms with E-state index in [-0.39, 0.29) is 17.3 Å². The molecule has 1 fully saturated rings. The lowest BCUT2D eigenvalue weighted by Gasteiger charge is -2.34. The first-order valence-corrected chi connectivity index (χ1v) is 10.3. The first-order valence-electron chi connectivity index (χ1n) is 9.40. The van der Waals surface area contributed by atoms with Gasteiger partial charge in [-0.3, -0.25) is 9.69 Å². The summed E-state index contributed by atoms with van der Waals surface area (Å²) in [4.78, 5) is 20.5. The van der Waals surface area contributed by atoms with E-state index in [1.54, 1.807) is 11.3 Å². The van der Waals surface area contributed by atoms with Crippen LogP contribution in [0.2, 0.25) is 0 Å². The number of alkyl halides is 3. The summed E-state index contributed by atoms with van der Waals surface area (Å²) in [6.07, 6.45) is -4.02. The lowest BCUT2D eigenvalue weighted by Crippen LogP contribution is -2.48. The fourth-order valence-electron chi connectivity index (χ4n) is 3.30. The van der Waals surface area contributed by atoms with Crippen molar-refractivity contribution in [2.45, 2.75) is 19.1 Å². The standard InChI is InChI=1S/C20H19F3N4O2S/c21-20(22,23)16-3-1-2-15(11-16)19-24-17(29-25-19)12-26-5-7-27(8-6-26)18(28)10-14-4-9-30-13-14/h1-4,9,11,13H,5-8,10,12H2. The summed E-state index contributed by atoms with van der Waals surface area (Å²) >= 11 is 1.57. The number of hydrogen-bond acceptors (Lipinski definition) is 6. The third kappa shape index (κ3) is 4.88. The van der Waals surface area contributed by atoms with E-state index in [9.17, 15) is 18.0 Å². The van der Waals surface area contributed by atoms with Crippen molar-refractivity contribution in [3.05, 3.63) is 58.1 Å². The molecule has 0 saturated carbocycles. The van der Waals surface area contributed by atoms with E-state index in [0.717, 1.165) is 17.7 Å². The van der Waals surface area contributed by atoms with E-state index in [1.165, 1.54) is 12.1 Å². The van der Waals surface area contributed by atoms with Gasteiger partial charge in [0.2, 0.25) is 17.6 Å². The molecule has 0 atom stereocenters. The fraction of sp³-hybridized carbons (Fsp3) is 0.350. The second-order valence-electron chi connectivity index (χ2n) is 7.06. The maximum atomic E-state index is 12.9. The number of carbonyl (C=O) groups is 1. The van der Waals surface area contributed by atoms with E-state index >= 15 is 0 Å². The molecule has 0 aliphatic carbocycles. The Morgan fingerprint density at radius 1 is 1.17 bits per heavy atom. The van der Waals surface area contributed by atoms with Crippen molar-refractivity contribution < 1.29 is 22.5 Å². The molecule has 0 bridgehead atoms. The molecule has 2 aromatic heterocycles. The van der Waals surface area contributed by atoms with Crippen LogP contribution >= 0.6 is 11.3 Å². The Morgan fingerprint density at radius 2 is 1.97 bits per heavy atom. The van der Waals surface area contributed by atoms with Crippen LogP contribution in [0.25, 0.3) is 11.4 Å². The van der Waals surface area contributed by atoms with Gasteiger partial charge in [0.25, 0.3) is 0 Å². The van der Waals surface area contributed by atoms with Crippen molar-refractivity contribution >= 4 is 17.2 Å². The van der Waals surface area contributed by atoms with Crippen molar-refractivity contribution in [1.29, 1.82) is 0 Å². The Bertz CT molecular complexity index is 996. The molecule has 0 N–H and O–H groups in total. The van der Waals surface area contributed by atoms with Gasteiger partial charge in [0.05, 0.1) is 18.5 Å². The van der Waals surface area contributed by atoms with Gasteiger partial charge < -0.3 is 9.42 Å². The summed E-state index contributed by atoms with van der Waals surface area (Å²) in [6.45, 7) is 2.93. The maximum Gasteiger partial charge on any atom is 0.416 e. The molecule has 0 spiro atoms. The summed E-state index contributed by atoms with van der Waals surface area (Å²) < 4.78 is 43.9. The predicted molar refractivity (Wildman–Crippen MR) is 105 cm³/mol. The van der Waals surface area contributed by atoms with Gasteiger partial charge in [-0.05, 0) is 34.5 Å². The number of halogens is 3. The molecule has 4 rings (SSSR count). The average molecular weight is 436 g/mol. The molecule has 6 nitrogen and oxygen atoms in total. The summed E-state index contributed by atoms with van der Waals surface area (Å²) in [6, 6.07) is 6.80. The van der Waals surface area contributed by atoms with Crippen LogP contribution in [-0.2, 0) is 23.9 Å². The Labute approximate surface area is 174 Å². The van der Waals surface area contributed by atoms with Gasteiger partial charge in [-0.25, -0.2) is 0 Å². The quantitative estimate of drug-likeness (QED) is 0.610. The van der Waals surface area contributed by atoms with Gasteiger partial charge in [0.15, 0.2) is 0 Å². The Kier molecular flexibility index (Phi) is 5.87. The third-order valence-corrected chi connectivity index (χ3v) is 5.67. The number of carbonyl (C=O) groups excluding carboxylic acids is 1. The molecule has 0 radical (unpaired) electrons. The van der Waals surface area contributed by atoms with Gasteiger partial charge in [-0.15, -0.1) is 0 Å². The molecule has 1 saturated heterocycles. The van der Waals surface area contributed by atoms with Crippen molar-refractivity contribution in [3.8, 4) is 11.4 Å². The van der Waals surface area contributed by atoms with Gasteiger partial charge in [-0.2, -0.15) is 29.5 Å². The first kappa shape index (κ1) is 20.5. The summed E-state index contributed by atoms with van der Waals surface area (Å²) in [5.41, 5.74) is 0.527. The number of benzene rings is 1. The summed E-state index contributed by atoms with van der Waals surface area (Å²) in [5, 5.41) is 7.75. The zero-order valence-corrected chi connectivity index (χ0v) is 16.7. The minimum Gasteiger partial charge on any atom is -0.340 e. The highest BCUT2D eigenvalue weighted by Gasteiger charge is 2.31. The van der Waals surface area contributed by atoms with Gasteiger partial charge in [-0.1, -0.05) is 17.3 Å². The Balaban J connectivity index is 1.32.